The molecule has 0 aliphatic carbocycles. The Kier molecular flexibility index (Phi) is 6.47. The van der Waals surface area contributed by atoms with Gasteiger partial charge in [-0.15, -0.1) is 0 Å². The van der Waals surface area contributed by atoms with Gasteiger partial charge in [-0.2, -0.15) is 0 Å². The first-order chi connectivity index (χ1) is 9.45. The van der Waals surface area contributed by atoms with Crippen LogP contribution in [0.3, 0.4) is 0 Å². The molecule has 0 heterocycles. The Balaban J connectivity index is 2.65. The van der Waals surface area contributed by atoms with Crippen LogP contribution in [0.1, 0.15) is 10.4 Å². The summed E-state index contributed by atoms with van der Waals surface area (Å²) in [5.74, 6) is -1.11. The average Bonchev–Trinajstić information content (AvgIpc) is 2.38. The van der Waals surface area contributed by atoms with Gasteiger partial charge in [-0.1, -0.05) is 0 Å². The molecule has 0 aliphatic rings. The van der Waals surface area contributed by atoms with E-state index in [-0.39, 0.29) is 18.0 Å². The molecule has 0 atom stereocenters. The first-order valence-corrected chi connectivity index (χ1v) is 6.74. The predicted molar refractivity (Wildman–Crippen MR) is 79.3 cm³/mol. The topological polar surface area (TPSA) is 78.9 Å². The van der Waals surface area contributed by atoms with Gasteiger partial charge in [-0.05, 0) is 34.1 Å². The van der Waals surface area contributed by atoms with Crippen molar-refractivity contribution in [3.8, 4) is 0 Å². The highest BCUT2D eigenvalue weighted by molar-refractivity contribution is 9.10. The minimum Gasteiger partial charge on any atom is -0.478 e. The lowest BCUT2D eigenvalue weighted by atomic mass is 10.2. The Morgan fingerprint density at radius 2 is 2.15 bits per heavy atom. The van der Waals surface area contributed by atoms with Crippen LogP contribution in [-0.2, 0) is 9.53 Å². The second-order valence-corrected chi connectivity index (χ2v) is 5.02. The van der Waals surface area contributed by atoms with Crippen LogP contribution in [0.4, 0.5) is 5.69 Å². The van der Waals surface area contributed by atoms with Gasteiger partial charge in [-0.3, -0.25) is 4.79 Å². The van der Waals surface area contributed by atoms with Gasteiger partial charge in [0.05, 0.1) is 24.4 Å². The predicted octanol–water partition coefficient (Wildman–Crippen LogP) is 1.35. The van der Waals surface area contributed by atoms with Crippen LogP contribution < -0.4 is 10.2 Å². The first-order valence-electron chi connectivity index (χ1n) is 5.95. The van der Waals surface area contributed by atoms with Crippen LogP contribution in [0.15, 0.2) is 22.7 Å². The third kappa shape index (κ3) is 4.82. The molecule has 0 spiro atoms. The standard InChI is InChI=1S/C13H17BrN2O4/c1-16(8-12(17)15-5-6-20-2)11-4-3-9(13(18)19)7-10(11)14/h3-4,7H,5-6,8H2,1-2H3,(H,15,17)(H,18,19). The third-order valence-corrected chi connectivity index (χ3v) is 3.25. The van der Waals surface area contributed by atoms with E-state index in [1.54, 1.807) is 25.1 Å². The largest absolute Gasteiger partial charge is 0.478 e. The fraction of sp³-hybridized carbons (Fsp3) is 0.385. The Bertz CT molecular complexity index is 493. The zero-order valence-electron chi connectivity index (χ0n) is 11.4. The van der Waals surface area contributed by atoms with Gasteiger partial charge in [-0.25, -0.2) is 4.79 Å². The van der Waals surface area contributed by atoms with Gasteiger partial charge < -0.3 is 20.1 Å². The lowest BCUT2D eigenvalue weighted by Gasteiger charge is -2.20. The van der Waals surface area contributed by atoms with Crippen molar-refractivity contribution in [2.75, 3.05) is 38.8 Å². The first kappa shape index (κ1) is 16.5. The molecule has 0 aromatic heterocycles. The minimum atomic E-state index is -0.989. The number of carboxylic acid groups (broad SMARTS) is 1. The van der Waals surface area contributed by atoms with Crippen molar-refractivity contribution >= 4 is 33.5 Å². The molecule has 0 aliphatic heterocycles. The normalized spacial score (nSPS) is 10.2. The number of methoxy groups -OCH3 is 1. The second-order valence-electron chi connectivity index (χ2n) is 4.17. The van der Waals surface area contributed by atoms with Crippen LogP contribution in [0, 0.1) is 0 Å². The van der Waals surface area contributed by atoms with Gasteiger partial charge in [0.1, 0.15) is 0 Å². The number of ether oxygens (including phenoxy) is 1. The third-order valence-electron chi connectivity index (χ3n) is 2.62. The van der Waals surface area contributed by atoms with E-state index >= 15 is 0 Å². The van der Waals surface area contributed by atoms with Crippen molar-refractivity contribution in [3.05, 3.63) is 28.2 Å². The van der Waals surface area contributed by atoms with E-state index in [2.05, 4.69) is 21.2 Å². The Labute approximate surface area is 125 Å². The molecule has 1 aromatic rings. The summed E-state index contributed by atoms with van der Waals surface area (Å²) < 4.78 is 5.47. The lowest BCUT2D eigenvalue weighted by Crippen LogP contribution is -2.36. The summed E-state index contributed by atoms with van der Waals surface area (Å²) in [6.45, 7) is 1.10. The molecule has 0 radical (unpaired) electrons. The highest BCUT2D eigenvalue weighted by atomic mass is 79.9. The van der Waals surface area contributed by atoms with Crippen molar-refractivity contribution in [1.82, 2.24) is 5.32 Å². The maximum absolute atomic E-state index is 11.7. The Hall–Kier alpha value is -1.60. The number of amides is 1. The van der Waals surface area contributed by atoms with Crippen LogP contribution >= 0.6 is 15.9 Å². The van der Waals surface area contributed by atoms with E-state index in [4.69, 9.17) is 9.84 Å². The number of carbonyl (C=O) groups is 2. The quantitative estimate of drug-likeness (QED) is 0.730. The van der Waals surface area contributed by atoms with Crippen LogP contribution in [-0.4, -0.2) is 50.8 Å². The van der Waals surface area contributed by atoms with E-state index in [1.165, 1.54) is 12.1 Å². The fourth-order valence-corrected chi connectivity index (χ4v) is 2.28. The van der Waals surface area contributed by atoms with Gasteiger partial charge in [0.15, 0.2) is 0 Å². The fourth-order valence-electron chi connectivity index (χ4n) is 1.60. The van der Waals surface area contributed by atoms with E-state index in [0.717, 1.165) is 5.69 Å². The molecule has 7 heteroatoms. The summed E-state index contributed by atoms with van der Waals surface area (Å²) >= 11 is 3.31. The summed E-state index contributed by atoms with van der Waals surface area (Å²) in [7, 11) is 3.33. The highest BCUT2D eigenvalue weighted by Crippen LogP contribution is 2.26. The number of aromatic carboxylic acids is 1. The number of hydrogen-bond donors (Lipinski definition) is 2. The number of benzene rings is 1. The molecular formula is C13H17BrN2O4. The number of rotatable bonds is 7. The molecule has 110 valence electrons. The van der Waals surface area contributed by atoms with Crippen molar-refractivity contribution in [2.45, 2.75) is 0 Å². The van der Waals surface area contributed by atoms with E-state index in [9.17, 15) is 9.59 Å². The van der Waals surface area contributed by atoms with E-state index in [0.29, 0.717) is 17.6 Å². The monoisotopic (exact) mass is 344 g/mol. The van der Waals surface area contributed by atoms with Gasteiger partial charge in [0.25, 0.3) is 0 Å². The summed E-state index contributed by atoms with van der Waals surface area (Å²) in [4.78, 5) is 24.3. The van der Waals surface area contributed by atoms with Crippen molar-refractivity contribution in [1.29, 1.82) is 0 Å². The van der Waals surface area contributed by atoms with Crippen LogP contribution in [0.2, 0.25) is 0 Å². The summed E-state index contributed by atoms with van der Waals surface area (Å²) in [6.07, 6.45) is 0. The molecule has 20 heavy (non-hydrogen) atoms. The summed E-state index contributed by atoms with van der Waals surface area (Å²) in [6, 6.07) is 4.68. The van der Waals surface area contributed by atoms with E-state index in [1.807, 2.05) is 0 Å². The van der Waals surface area contributed by atoms with Crippen LogP contribution in [0.25, 0.3) is 0 Å². The summed E-state index contributed by atoms with van der Waals surface area (Å²) in [5, 5.41) is 11.6. The molecule has 0 saturated heterocycles. The number of nitrogens with zero attached hydrogens (tertiary/aromatic N) is 1. The number of hydrogen-bond acceptors (Lipinski definition) is 4. The number of carbonyl (C=O) groups excluding carboxylic acids is 1. The molecule has 0 bridgehead atoms. The minimum absolute atomic E-state index is 0.126. The lowest BCUT2D eigenvalue weighted by molar-refractivity contribution is -0.119. The highest BCUT2D eigenvalue weighted by Gasteiger charge is 2.12. The van der Waals surface area contributed by atoms with Crippen molar-refractivity contribution in [2.24, 2.45) is 0 Å². The molecular weight excluding hydrogens is 328 g/mol. The van der Waals surface area contributed by atoms with Gasteiger partial charge in [0, 0.05) is 25.2 Å². The molecule has 0 unspecified atom stereocenters. The van der Waals surface area contributed by atoms with E-state index < -0.39 is 5.97 Å². The Morgan fingerprint density at radius 3 is 2.70 bits per heavy atom. The zero-order chi connectivity index (χ0) is 15.1. The van der Waals surface area contributed by atoms with Gasteiger partial charge >= 0.3 is 5.97 Å². The molecule has 0 saturated carbocycles. The van der Waals surface area contributed by atoms with Crippen LogP contribution in [0.5, 0.6) is 0 Å². The Morgan fingerprint density at radius 1 is 1.45 bits per heavy atom. The van der Waals surface area contributed by atoms with Gasteiger partial charge in [0.2, 0.25) is 5.91 Å². The average molecular weight is 345 g/mol. The smallest absolute Gasteiger partial charge is 0.335 e. The molecule has 0 fully saturated rings. The number of anilines is 1. The SMILES string of the molecule is COCCNC(=O)CN(C)c1ccc(C(=O)O)cc1Br. The second kappa shape index (κ2) is 7.86. The maximum Gasteiger partial charge on any atom is 0.335 e. The molecule has 1 rings (SSSR count). The maximum atomic E-state index is 11.7. The van der Waals surface area contributed by atoms with Crippen molar-refractivity contribution in [3.63, 3.8) is 0 Å². The molecule has 6 nitrogen and oxygen atoms in total. The number of likely N-dealkylation sites (N-methyl/N-ethyl adjacent to an activating group) is 1. The van der Waals surface area contributed by atoms with Crippen molar-refractivity contribution < 1.29 is 19.4 Å². The molecule has 1 aromatic carbocycles. The number of nitrogens with one attached hydrogen (secondary N) is 1. The summed E-state index contributed by atoms with van der Waals surface area (Å²) in [5.41, 5.74) is 0.940. The molecule has 2 N–H and O–H groups in total. The zero-order valence-corrected chi connectivity index (χ0v) is 12.9. The molecule has 1 amide bonds. The number of halogens is 1. The number of carboxylic acids is 1.